The zero-order valence-corrected chi connectivity index (χ0v) is 22.1. The predicted molar refractivity (Wildman–Crippen MR) is 135 cm³/mol. The summed E-state index contributed by atoms with van der Waals surface area (Å²) in [4.78, 5) is 41.3. The van der Waals surface area contributed by atoms with Crippen molar-refractivity contribution >= 4 is 17.9 Å². The number of rotatable bonds is 8. The molecule has 34 heavy (non-hydrogen) atoms. The third-order valence-corrected chi connectivity index (χ3v) is 4.79. The molecule has 2 unspecified atom stereocenters. The molecule has 7 nitrogen and oxygen atoms in total. The Bertz CT molecular complexity index is 904. The Morgan fingerprint density at radius 1 is 1.09 bits per heavy atom. The second-order valence-electron chi connectivity index (χ2n) is 10.8. The van der Waals surface area contributed by atoms with Crippen molar-refractivity contribution in [1.29, 1.82) is 0 Å². The van der Waals surface area contributed by atoms with Crippen LogP contribution >= 0.6 is 0 Å². The number of hydrogen-bond donors (Lipinski definition) is 2. The van der Waals surface area contributed by atoms with Crippen LogP contribution in [0.15, 0.2) is 24.3 Å². The van der Waals surface area contributed by atoms with E-state index in [1.807, 2.05) is 34.6 Å². The van der Waals surface area contributed by atoms with Gasteiger partial charge >= 0.3 is 6.09 Å². The lowest BCUT2D eigenvalue weighted by Gasteiger charge is -2.36. The summed E-state index contributed by atoms with van der Waals surface area (Å²) in [5.41, 5.74) is -0.138. The molecule has 0 fully saturated rings. The summed E-state index contributed by atoms with van der Waals surface area (Å²) in [7, 11) is 0. The smallest absolute Gasteiger partial charge is 0.408 e. The van der Waals surface area contributed by atoms with Gasteiger partial charge in [-0.25, -0.2) is 4.79 Å². The van der Waals surface area contributed by atoms with Gasteiger partial charge in [0.2, 0.25) is 11.8 Å². The van der Waals surface area contributed by atoms with Crippen molar-refractivity contribution in [2.45, 2.75) is 92.0 Å². The van der Waals surface area contributed by atoms with Crippen molar-refractivity contribution in [3.63, 3.8) is 0 Å². The summed E-state index contributed by atoms with van der Waals surface area (Å²) in [6.45, 7) is 16.9. The molecule has 0 aliphatic heterocycles. The summed E-state index contributed by atoms with van der Waals surface area (Å²) in [5.74, 6) is 2.02. The molecule has 0 aliphatic carbocycles. The minimum atomic E-state index is -0.959. The Morgan fingerprint density at radius 2 is 1.68 bits per heavy atom. The number of alkyl carbamates (subject to hydrolysis) is 1. The minimum absolute atomic E-state index is 0.113. The second kappa shape index (κ2) is 11.9. The van der Waals surface area contributed by atoms with E-state index in [0.717, 1.165) is 0 Å². The molecule has 3 amide bonds. The number of carbonyl (C=O) groups excluding carboxylic acids is 3. The zero-order chi connectivity index (χ0) is 26.3. The fourth-order valence-corrected chi connectivity index (χ4v) is 3.56. The van der Waals surface area contributed by atoms with Crippen molar-refractivity contribution in [3.05, 3.63) is 35.4 Å². The number of terminal acetylenes is 1. The van der Waals surface area contributed by atoms with Gasteiger partial charge in [-0.2, -0.15) is 0 Å². The molecule has 1 aromatic rings. The van der Waals surface area contributed by atoms with E-state index >= 15 is 0 Å². The highest BCUT2D eigenvalue weighted by atomic mass is 16.6. The number of benzene rings is 1. The zero-order valence-electron chi connectivity index (χ0n) is 22.1. The van der Waals surface area contributed by atoms with Gasteiger partial charge < -0.3 is 20.3 Å². The SMILES string of the molecule is C#Cc1ccccc1C(C(=O)NC(C)(C)C)N(CC)C(=O)C(CC(C)C)NC(=O)OC(C)(C)C. The van der Waals surface area contributed by atoms with Crippen LogP contribution in [-0.2, 0) is 14.3 Å². The molecule has 0 aliphatic rings. The van der Waals surface area contributed by atoms with Gasteiger partial charge in [-0.15, -0.1) is 6.42 Å². The van der Waals surface area contributed by atoms with E-state index in [1.54, 1.807) is 52.0 Å². The molecule has 0 aromatic heterocycles. The molecule has 2 atom stereocenters. The van der Waals surface area contributed by atoms with Crippen molar-refractivity contribution in [1.82, 2.24) is 15.5 Å². The molecule has 0 radical (unpaired) electrons. The van der Waals surface area contributed by atoms with Crippen LogP contribution in [0, 0.1) is 18.3 Å². The van der Waals surface area contributed by atoms with E-state index in [0.29, 0.717) is 17.5 Å². The Balaban J connectivity index is 3.48. The van der Waals surface area contributed by atoms with Crippen LogP contribution in [0.25, 0.3) is 0 Å². The summed E-state index contributed by atoms with van der Waals surface area (Å²) >= 11 is 0. The second-order valence-corrected chi connectivity index (χ2v) is 10.8. The number of amides is 3. The van der Waals surface area contributed by atoms with Gasteiger partial charge in [0.25, 0.3) is 0 Å². The normalized spacial score (nSPS) is 13.4. The van der Waals surface area contributed by atoms with Gasteiger partial charge in [0, 0.05) is 17.6 Å². The van der Waals surface area contributed by atoms with Crippen LogP contribution in [0.1, 0.15) is 85.9 Å². The third kappa shape index (κ3) is 9.09. The maximum absolute atomic E-state index is 13.8. The van der Waals surface area contributed by atoms with Crippen molar-refractivity contribution in [2.24, 2.45) is 5.92 Å². The highest BCUT2D eigenvalue weighted by Gasteiger charge is 2.37. The van der Waals surface area contributed by atoms with Gasteiger partial charge in [-0.3, -0.25) is 9.59 Å². The van der Waals surface area contributed by atoms with E-state index in [9.17, 15) is 14.4 Å². The van der Waals surface area contributed by atoms with E-state index in [-0.39, 0.29) is 24.3 Å². The molecule has 1 rings (SSSR count). The molecule has 2 N–H and O–H groups in total. The summed E-state index contributed by atoms with van der Waals surface area (Å²) in [6, 6.07) is 5.26. The van der Waals surface area contributed by atoms with Crippen LogP contribution in [0.3, 0.4) is 0 Å². The first kappa shape index (κ1) is 29.0. The number of hydrogen-bond acceptors (Lipinski definition) is 4. The molecule has 0 bridgehead atoms. The number of carbonyl (C=O) groups is 3. The monoisotopic (exact) mass is 471 g/mol. The van der Waals surface area contributed by atoms with Crippen LogP contribution in [-0.4, -0.2) is 46.5 Å². The van der Waals surface area contributed by atoms with E-state index < -0.39 is 29.3 Å². The third-order valence-electron chi connectivity index (χ3n) is 4.79. The van der Waals surface area contributed by atoms with Crippen molar-refractivity contribution in [2.75, 3.05) is 6.54 Å². The number of likely N-dealkylation sites (N-methyl/N-ethyl adjacent to an activating group) is 1. The predicted octanol–water partition coefficient (Wildman–Crippen LogP) is 4.41. The van der Waals surface area contributed by atoms with Crippen LogP contribution < -0.4 is 10.6 Å². The first-order chi connectivity index (χ1) is 15.6. The van der Waals surface area contributed by atoms with Gasteiger partial charge in [0.1, 0.15) is 17.7 Å². The molecule has 0 saturated carbocycles. The Labute approximate surface area is 205 Å². The highest BCUT2D eigenvalue weighted by molar-refractivity contribution is 5.92. The lowest BCUT2D eigenvalue weighted by Crippen LogP contribution is -2.55. The van der Waals surface area contributed by atoms with Gasteiger partial charge in [-0.05, 0) is 72.4 Å². The van der Waals surface area contributed by atoms with Gasteiger partial charge in [-0.1, -0.05) is 38.0 Å². The molecule has 1 aromatic carbocycles. The highest BCUT2D eigenvalue weighted by Crippen LogP contribution is 2.27. The summed E-state index contributed by atoms with van der Waals surface area (Å²) < 4.78 is 5.38. The average molecular weight is 472 g/mol. The van der Waals surface area contributed by atoms with Gasteiger partial charge in [0.05, 0.1) is 0 Å². The number of nitrogens with one attached hydrogen (secondary N) is 2. The molecule has 0 spiro atoms. The molecule has 0 saturated heterocycles. The summed E-state index contributed by atoms with van der Waals surface area (Å²) in [6.07, 6.45) is 5.43. The first-order valence-electron chi connectivity index (χ1n) is 11.8. The van der Waals surface area contributed by atoms with Crippen LogP contribution in [0.5, 0.6) is 0 Å². The standard InChI is InChI=1S/C27H41N3O4/c1-11-19-15-13-14-16-20(19)22(23(31)29-26(5,6)7)30(12-2)24(32)21(17-18(3)4)28-25(33)34-27(8,9)10/h1,13-16,18,21-22H,12,17H2,2-10H3,(H,28,33)(H,29,31). The molecule has 7 heteroatoms. The fraction of sp³-hybridized carbons (Fsp3) is 0.593. The number of nitrogens with zero attached hydrogens (tertiary/aromatic N) is 1. The molecular formula is C27H41N3O4. The fourth-order valence-electron chi connectivity index (χ4n) is 3.56. The van der Waals surface area contributed by atoms with E-state index in [1.165, 1.54) is 4.90 Å². The lowest BCUT2D eigenvalue weighted by atomic mass is 9.95. The molecule has 0 heterocycles. The van der Waals surface area contributed by atoms with Crippen LogP contribution in [0.4, 0.5) is 4.79 Å². The minimum Gasteiger partial charge on any atom is -0.444 e. The van der Waals surface area contributed by atoms with Crippen molar-refractivity contribution in [3.8, 4) is 12.3 Å². The maximum atomic E-state index is 13.8. The van der Waals surface area contributed by atoms with Gasteiger partial charge in [0.15, 0.2) is 0 Å². The Hall–Kier alpha value is -3.01. The molecular weight excluding hydrogens is 430 g/mol. The lowest BCUT2D eigenvalue weighted by molar-refractivity contribution is -0.143. The Morgan fingerprint density at radius 3 is 2.15 bits per heavy atom. The quantitative estimate of drug-likeness (QED) is 0.550. The van der Waals surface area contributed by atoms with Crippen molar-refractivity contribution < 1.29 is 19.1 Å². The van der Waals surface area contributed by atoms with E-state index in [4.69, 9.17) is 11.2 Å². The maximum Gasteiger partial charge on any atom is 0.408 e. The first-order valence-corrected chi connectivity index (χ1v) is 11.8. The van der Waals surface area contributed by atoms with Crippen LogP contribution in [0.2, 0.25) is 0 Å². The molecule has 188 valence electrons. The largest absolute Gasteiger partial charge is 0.444 e. The topological polar surface area (TPSA) is 87.7 Å². The Kier molecular flexibility index (Phi) is 10.2. The average Bonchev–Trinajstić information content (AvgIpc) is 2.67. The van der Waals surface area contributed by atoms with E-state index in [2.05, 4.69) is 16.6 Å². The number of ether oxygens (including phenoxy) is 1. The summed E-state index contributed by atoms with van der Waals surface area (Å²) in [5, 5.41) is 5.69.